The maximum Gasteiger partial charge on any atom is 0.338 e. The van der Waals surface area contributed by atoms with Crippen LogP contribution < -0.4 is 0 Å². The summed E-state index contributed by atoms with van der Waals surface area (Å²) in [4.78, 5) is 25.5. The molecule has 1 aliphatic carbocycles. The number of carbonyl (C=O) groups excluding carboxylic acids is 2. The van der Waals surface area contributed by atoms with E-state index in [1.54, 1.807) is 6.07 Å². The molecule has 0 fully saturated rings. The lowest BCUT2D eigenvalue weighted by Gasteiger charge is -2.20. The number of esters is 1. The van der Waals surface area contributed by atoms with Crippen LogP contribution >= 0.6 is 0 Å². The first-order valence-electron chi connectivity index (χ1n) is 10.3. The Morgan fingerprint density at radius 3 is 2.63 bits per heavy atom. The number of methoxy groups -OCH3 is 1. The molecule has 4 heteroatoms. The number of hydrogen-bond donors (Lipinski definition) is 0. The van der Waals surface area contributed by atoms with Crippen molar-refractivity contribution in [1.82, 2.24) is 4.57 Å². The van der Waals surface area contributed by atoms with Crippen molar-refractivity contribution < 1.29 is 14.3 Å². The number of hydrogen-bond acceptors (Lipinski definition) is 3. The Bertz CT molecular complexity index is 1310. The molecule has 0 spiro atoms. The van der Waals surface area contributed by atoms with E-state index in [1.165, 1.54) is 23.4 Å². The lowest BCUT2D eigenvalue weighted by Crippen LogP contribution is -2.20. The summed E-state index contributed by atoms with van der Waals surface area (Å²) in [6, 6.07) is 20.4. The molecule has 1 unspecified atom stereocenters. The molecule has 30 heavy (non-hydrogen) atoms. The van der Waals surface area contributed by atoms with Gasteiger partial charge in [-0.1, -0.05) is 49.4 Å². The van der Waals surface area contributed by atoms with E-state index >= 15 is 0 Å². The van der Waals surface area contributed by atoms with Crippen LogP contribution in [0.25, 0.3) is 21.7 Å². The van der Waals surface area contributed by atoms with E-state index in [-0.39, 0.29) is 11.7 Å². The lowest BCUT2D eigenvalue weighted by atomic mass is 9.86. The van der Waals surface area contributed by atoms with Crippen LogP contribution in [-0.4, -0.2) is 23.4 Å². The summed E-state index contributed by atoms with van der Waals surface area (Å²) in [6.45, 7) is 2.77. The lowest BCUT2D eigenvalue weighted by molar-refractivity contribution is 0.0603. The molecule has 4 aromatic rings. The maximum absolute atomic E-state index is 13.0. The van der Waals surface area contributed by atoms with Gasteiger partial charge >= 0.3 is 5.97 Å². The maximum atomic E-state index is 13.0. The molecule has 5 rings (SSSR count). The van der Waals surface area contributed by atoms with Crippen molar-refractivity contribution in [2.24, 2.45) is 5.92 Å². The van der Waals surface area contributed by atoms with Gasteiger partial charge in [0, 0.05) is 29.6 Å². The first-order valence-corrected chi connectivity index (χ1v) is 10.3. The first kappa shape index (κ1) is 18.6. The third kappa shape index (κ3) is 2.91. The molecule has 0 bridgehead atoms. The number of Topliss-reactive ketones (excluding diaryl/α,β-unsaturated/α-hetero) is 1. The van der Waals surface area contributed by atoms with Gasteiger partial charge in [-0.05, 0) is 46.9 Å². The minimum atomic E-state index is -0.405. The van der Waals surface area contributed by atoms with Gasteiger partial charge in [0.2, 0.25) is 0 Å². The molecule has 0 saturated carbocycles. The zero-order valence-corrected chi connectivity index (χ0v) is 17.1. The predicted octanol–water partition coefficient (Wildman–Crippen LogP) is 5.39. The van der Waals surface area contributed by atoms with E-state index in [0.29, 0.717) is 24.1 Å². The van der Waals surface area contributed by atoms with Gasteiger partial charge in [-0.2, -0.15) is 0 Å². The van der Waals surface area contributed by atoms with Crippen LogP contribution in [0.3, 0.4) is 0 Å². The molecular weight excluding hydrogens is 374 g/mol. The molecule has 1 aliphatic rings. The average molecular weight is 397 g/mol. The van der Waals surface area contributed by atoms with Crippen LogP contribution in [-0.2, 0) is 17.7 Å². The molecule has 1 heterocycles. The third-order valence-electron chi connectivity index (χ3n) is 6.11. The normalized spacial score (nSPS) is 16.1. The Morgan fingerprint density at radius 1 is 1.03 bits per heavy atom. The molecule has 0 saturated heterocycles. The summed E-state index contributed by atoms with van der Waals surface area (Å²) in [5.74, 6) is -0.00807. The average Bonchev–Trinajstić information content (AvgIpc) is 3.06. The van der Waals surface area contributed by atoms with E-state index in [9.17, 15) is 9.59 Å². The highest BCUT2D eigenvalue weighted by Crippen LogP contribution is 2.37. The van der Waals surface area contributed by atoms with Crippen LogP contribution in [0, 0.1) is 5.92 Å². The minimum Gasteiger partial charge on any atom is -0.465 e. The molecule has 4 nitrogen and oxygen atoms in total. The second kappa shape index (κ2) is 7.13. The quantitative estimate of drug-likeness (QED) is 0.435. The standard InChI is InChI=1S/C26H23NO3/c1-16-12-22-25(23(28)13-16)24-20(26(29)30-2)8-5-9-21(24)27(22)15-17-10-11-18-6-3-4-7-19(18)14-17/h3-11,14,16H,12-13,15H2,1-2H3. The van der Waals surface area contributed by atoms with Crippen LogP contribution in [0.5, 0.6) is 0 Å². The fourth-order valence-electron chi connectivity index (χ4n) is 4.77. The molecule has 0 aliphatic heterocycles. The fraction of sp³-hybridized carbons (Fsp3) is 0.231. The number of nitrogens with zero attached hydrogens (tertiary/aromatic N) is 1. The van der Waals surface area contributed by atoms with Crippen molar-refractivity contribution in [1.29, 1.82) is 0 Å². The monoisotopic (exact) mass is 397 g/mol. The van der Waals surface area contributed by atoms with E-state index in [2.05, 4.69) is 41.8 Å². The number of fused-ring (bicyclic) bond motifs is 4. The molecule has 0 N–H and O–H groups in total. The van der Waals surface area contributed by atoms with Gasteiger partial charge in [0.05, 0.1) is 18.2 Å². The number of carbonyl (C=O) groups is 2. The van der Waals surface area contributed by atoms with Gasteiger partial charge in [0.1, 0.15) is 0 Å². The zero-order chi connectivity index (χ0) is 20.8. The number of benzene rings is 3. The van der Waals surface area contributed by atoms with Crippen LogP contribution in [0.2, 0.25) is 0 Å². The Balaban J connectivity index is 1.73. The summed E-state index contributed by atoms with van der Waals surface area (Å²) in [5, 5.41) is 3.13. The van der Waals surface area contributed by atoms with Gasteiger partial charge in [-0.15, -0.1) is 0 Å². The Kier molecular flexibility index (Phi) is 4.43. The van der Waals surface area contributed by atoms with Crippen LogP contribution in [0.1, 0.15) is 45.3 Å². The van der Waals surface area contributed by atoms with E-state index in [1.807, 2.05) is 24.3 Å². The van der Waals surface area contributed by atoms with Gasteiger partial charge in [0.15, 0.2) is 5.78 Å². The second-order valence-electron chi connectivity index (χ2n) is 8.22. The van der Waals surface area contributed by atoms with Crippen LogP contribution in [0.15, 0.2) is 60.7 Å². The van der Waals surface area contributed by atoms with Gasteiger partial charge in [-0.3, -0.25) is 4.79 Å². The Labute approximate surface area is 175 Å². The summed E-state index contributed by atoms with van der Waals surface area (Å²) < 4.78 is 7.23. The van der Waals surface area contributed by atoms with Crippen molar-refractivity contribution in [3.63, 3.8) is 0 Å². The van der Waals surface area contributed by atoms with Crippen LogP contribution in [0.4, 0.5) is 0 Å². The fourth-order valence-corrected chi connectivity index (χ4v) is 4.77. The minimum absolute atomic E-state index is 0.113. The van der Waals surface area contributed by atoms with Gasteiger partial charge in [-0.25, -0.2) is 4.79 Å². The largest absolute Gasteiger partial charge is 0.465 e. The molecule has 1 aromatic heterocycles. The number of ether oxygens (including phenoxy) is 1. The van der Waals surface area contributed by atoms with Gasteiger partial charge < -0.3 is 9.30 Å². The summed E-state index contributed by atoms with van der Waals surface area (Å²) in [7, 11) is 1.38. The van der Waals surface area contributed by atoms with Crippen molar-refractivity contribution in [2.75, 3.05) is 7.11 Å². The van der Waals surface area contributed by atoms with Crippen molar-refractivity contribution in [2.45, 2.75) is 26.3 Å². The Morgan fingerprint density at radius 2 is 1.83 bits per heavy atom. The smallest absolute Gasteiger partial charge is 0.338 e. The molecular formula is C26H23NO3. The molecule has 0 amide bonds. The van der Waals surface area contributed by atoms with Crippen molar-refractivity contribution >= 4 is 33.4 Å². The highest BCUT2D eigenvalue weighted by molar-refractivity contribution is 6.16. The molecule has 1 atom stereocenters. The predicted molar refractivity (Wildman–Crippen MR) is 118 cm³/mol. The summed E-state index contributed by atoms with van der Waals surface area (Å²) in [5.41, 5.74) is 4.27. The number of aromatic nitrogens is 1. The van der Waals surface area contributed by atoms with E-state index < -0.39 is 5.97 Å². The van der Waals surface area contributed by atoms with E-state index in [4.69, 9.17) is 4.74 Å². The highest BCUT2D eigenvalue weighted by Gasteiger charge is 2.31. The SMILES string of the molecule is COC(=O)c1cccc2c1c1c(n2Cc2ccc3ccccc3c2)CC(C)CC1=O. The van der Waals surface area contributed by atoms with Crippen molar-refractivity contribution in [3.8, 4) is 0 Å². The zero-order valence-electron chi connectivity index (χ0n) is 17.1. The first-order chi connectivity index (χ1) is 14.6. The summed E-state index contributed by atoms with van der Waals surface area (Å²) >= 11 is 0. The molecule has 150 valence electrons. The molecule has 0 radical (unpaired) electrons. The second-order valence-corrected chi connectivity index (χ2v) is 8.22. The molecule has 3 aromatic carbocycles. The Hall–Kier alpha value is -3.40. The third-order valence-corrected chi connectivity index (χ3v) is 6.11. The summed E-state index contributed by atoms with van der Waals surface area (Å²) in [6.07, 6.45) is 1.33. The van der Waals surface area contributed by atoms with E-state index in [0.717, 1.165) is 23.0 Å². The highest BCUT2D eigenvalue weighted by atomic mass is 16.5. The van der Waals surface area contributed by atoms with Crippen molar-refractivity contribution in [3.05, 3.63) is 83.0 Å². The topological polar surface area (TPSA) is 48.3 Å². The number of ketones is 1. The van der Waals surface area contributed by atoms with Gasteiger partial charge in [0.25, 0.3) is 0 Å². The number of rotatable bonds is 3.